The van der Waals surface area contributed by atoms with Crippen molar-refractivity contribution in [2.24, 2.45) is 5.92 Å². The number of carboxylic acids is 1. The fourth-order valence-electron chi connectivity index (χ4n) is 4.89. The van der Waals surface area contributed by atoms with Crippen molar-refractivity contribution < 1.29 is 32.2 Å². The van der Waals surface area contributed by atoms with Crippen molar-refractivity contribution in [3.63, 3.8) is 0 Å². The second kappa shape index (κ2) is 12.3. The number of carbonyl (C=O) groups is 1. The SMILES string of the molecule is CC(CN1[C@H](c2c(F)cnc(OCCNCCCF)c2Cl)c2[nH]c3ccccc3c2C[C@H]1C(F)F)C(=O)O. The number of alkyl halides is 3. The lowest BCUT2D eigenvalue weighted by molar-refractivity contribution is -0.142. The van der Waals surface area contributed by atoms with E-state index in [9.17, 15) is 23.1 Å². The lowest BCUT2D eigenvalue weighted by atomic mass is 9.87. The normalized spacial score (nSPS) is 18.6. The zero-order chi connectivity index (χ0) is 27.4. The van der Waals surface area contributed by atoms with Gasteiger partial charge in [-0.15, -0.1) is 0 Å². The fourth-order valence-corrected chi connectivity index (χ4v) is 5.18. The number of nitrogens with one attached hydrogen (secondary N) is 2. The summed E-state index contributed by atoms with van der Waals surface area (Å²) >= 11 is 6.62. The van der Waals surface area contributed by atoms with Gasteiger partial charge in [-0.25, -0.2) is 18.2 Å². The van der Waals surface area contributed by atoms with Gasteiger partial charge in [0.15, 0.2) is 0 Å². The van der Waals surface area contributed by atoms with Gasteiger partial charge in [-0.2, -0.15) is 0 Å². The molecule has 38 heavy (non-hydrogen) atoms. The fraction of sp³-hybridized carbons (Fsp3) is 0.462. The van der Waals surface area contributed by atoms with E-state index in [0.29, 0.717) is 36.3 Å². The Kier molecular flexibility index (Phi) is 9.11. The number of fused-ring (bicyclic) bond motifs is 3. The molecule has 3 aromatic rings. The van der Waals surface area contributed by atoms with Crippen LogP contribution in [0, 0.1) is 11.7 Å². The van der Waals surface area contributed by atoms with Crippen molar-refractivity contribution in [1.29, 1.82) is 0 Å². The Labute approximate surface area is 222 Å². The van der Waals surface area contributed by atoms with Crippen molar-refractivity contribution in [2.45, 2.75) is 38.3 Å². The van der Waals surface area contributed by atoms with Crippen LogP contribution in [0.15, 0.2) is 30.5 Å². The van der Waals surface area contributed by atoms with Gasteiger partial charge in [0.25, 0.3) is 6.43 Å². The molecule has 7 nitrogen and oxygen atoms in total. The Morgan fingerprint density at radius 3 is 2.82 bits per heavy atom. The molecular formula is C26H29ClF4N4O3. The predicted molar refractivity (Wildman–Crippen MR) is 135 cm³/mol. The van der Waals surface area contributed by atoms with Gasteiger partial charge in [0, 0.05) is 35.2 Å². The van der Waals surface area contributed by atoms with Crippen LogP contribution >= 0.6 is 11.6 Å². The topological polar surface area (TPSA) is 90.5 Å². The summed E-state index contributed by atoms with van der Waals surface area (Å²) in [4.78, 5) is 20.2. The number of halogens is 5. The minimum atomic E-state index is -2.84. The molecule has 0 aliphatic carbocycles. The van der Waals surface area contributed by atoms with E-state index in [-0.39, 0.29) is 36.0 Å². The summed E-state index contributed by atoms with van der Waals surface area (Å²) in [6.45, 7) is 1.61. The maximum Gasteiger partial charge on any atom is 0.307 e. The average Bonchev–Trinajstić information content (AvgIpc) is 3.26. The van der Waals surface area contributed by atoms with Crippen molar-refractivity contribution in [1.82, 2.24) is 20.2 Å². The molecule has 0 amide bonds. The summed E-state index contributed by atoms with van der Waals surface area (Å²) < 4.78 is 62.4. The predicted octanol–water partition coefficient (Wildman–Crippen LogP) is 4.99. The van der Waals surface area contributed by atoms with E-state index in [0.717, 1.165) is 11.6 Å². The number of carboxylic acid groups (broad SMARTS) is 1. The lowest BCUT2D eigenvalue weighted by Gasteiger charge is -2.43. The Hall–Kier alpha value is -2.89. The number of aliphatic carboxylic acids is 1. The first-order valence-electron chi connectivity index (χ1n) is 12.3. The molecule has 1 aliphatic heterocycles. The van der Waals surface area contributed by atoms with Gasteiger partial charge in [0.05, 0.1) is 30.9 Å². The van der Waals surface area contributed by atoms with Gasteiger partial charge < -0.3 is 20.1 Å². The van der Waals surface area contributed by atoms with Gasteiger partial charge in [0.1, 0.15) is 17.4 Å². The molecule has 0 saturated heterocycles. The molecule has 3 heterocycles. The molecular weight excluding hydrogens is 528 g/mol. The van der Waals surface area contributed by atoms with Crippen LogP contribution in [-0.4, -0.2) is 71.3 Å². The molecule has 1 aromatic carbocycles. The summed E-state index contributed by atoms with van der Waals surface area (Å²) in [5.74, 6) is -3.09. The Bertz CT molecular complexity index is 1270. The first kappa shape index (κ1) is 28.1. The first-order valence-corrected chi connectivity index (χ1v) is 12.7. The number of para-hydroxylation sites is 1. The number of rotatable bonds is 12. The second-order valence-corrected chi connectivity index (χ2v) is 9.67. The van der Waals surface area contributed by atoms with Crippen molar-refractivity contribution in [2.75, 3.05) is 32.9 Å². The zero-order valence-corrected chi connectivity index (χ0v) is 21.4. The number of pyridine rings is 1. The molecule has 0 saturated carbocycles. The highest BCUT2D eigenvalue weighted by molar-refractivity contribution is 6.32. The zero-order valence-electron chi connectivity index (χ0n) is 20.7. The first-order chi connectivity index (χ1) is 18.2. The summed E-state index contributed by atoms with van der Waals surface area (Å²) in [5, 5.41) is 13.1. The number of H-pyrrole nitrogens is 1. The number of aromatic nitrogens is 2. The van der Waals surface area contributed by atoms with Gasteiger partial charge in [0.2, 0.25) is 5.88 Å². The van der Waals surface area contributed by atoms with Crippen LogP contribution in [0.4, 0.5) is 17.6 Å². The minimum absolute atomic E-state index is 0.0575. The van der Waals surface area contributed by atoms with Crippen molar-refractivity contribution in [3.05, 3.63) is 58.1 Å². The summed E-state index contributed by atoms with van der Waals surface area (Å²) in [6, 6.07) is 4.64. The molecule has 0 bridgehead atoms. The maximum absolute atomic E-state index is 15.5. The third kappa shape index (κ3) is 5.74. The van der Waals surface area contributed by atoms with E-state index in [1.165, 1.54) is 11.8 Å². The number of aromatic amines is 1. The number of hydrogen-bond acceptors (Lipinski definition) is 5. The van der Waals surface area contributed by atoms with Gasteiger partial charge in [-0.1, -0.05) is 36.7 Å². The van der Waals surface area contributed by atoms with Crippen LogP contribution in [0.3, 0.4) is 0 Å². The number of nitrogens with zero attached hydrogens (tertiary/aromatic N) is 2. The van der Waals surface area contributed by atoms with E-state index in [4.69, 9.17) is 16.3 Å². The van der Waals surface area contributed by atoms with Crippen LogP contribution in [0.1, 0.15) is 36.2 Å². The van der Waals surface area contributed by atoms with Gasteiger partial charge in [-0.3, -0.25) is 14.1 Å². The molecule has 0 radical (unpaired) electrons. The quantitative estimate of drug-likeness (QED) is 0.215. The highest BCUT2D eigenvalue weighted by atomic mass is 35.5. The van der Waals surface area contributed by atoms with E-state index in [1.807, 2.05) is 0 Å². The highest BCUT2D eigenvalue weighted by Crippen LogP contribution is 2.46. The summed E-state index contributed by atoms with van der Waals surface area (Å²) in [7, 11) is 0. The second-order valence-electron chi connectivity index (χ2n) is 9.29. The third-order valence-corrected chi connectivity index (χ3v) is 7.11. The standard InChI is InChI=1S/C26H29ClF4N4O3/c1-14(26(36)37)13-35-19(24(30)31)11-16-15-5-2-3-6-18(15)34-22(16)23(35)20-17(29)12-33-25(21(20)27)38-10-9-32-8-4-7-28/h2-3,5-6,12,14,19,23-24,32,34H,4,7-11,13H2,1H3,(H,36,37)/t14?,19-,23+/m0/s1. The minimum Gasteiger partial charge on any atom is -0.481 e. The van der Waals surface area contributed by atoms with Crippen LogP contribution in [-0.2, 0) is 11.2 Å². The van der Waals surface area contributed by atoms with Gasteiger partial charge >= 0.3 is 5.97 Å². The van der Waals surface area contributed by atoms with Crippen LogP contribution in [0.5, 0.6) is 5.88 Å². The number of hydrogen-bond donors (Lipinski definition) is 3. The van der Waals surface area contributed by atoms with E-state index in [1.54, 1.807) is 24.3 Å². The van der Waals surface area contributed by atoms with Gasteiger partial charge in [-0.05, 0) is 31.0 Å². The Balaban J connectivity index is 1.80. The van der Waals surface area contributed by atoms with Crippen molar-refractivity contribution in [3.8, 4) is 5.88 Å². The third-order valence-electron chi connectivity index (χ3n) is 6.74. The molecule has 0 fully saturated rings. The van der Waals surface area contributed by atoms with E-state index >= 15 is 4.39 Å². The summed E-state index contributed by atoms with van der Waals surface area (Å²) in [5.41, 5.74) is 1.62. The molecule has 3 N–H and O–H groups in total. The lowest BCUT2D eigenvalue weighted by Crippen LogP contribution is -2.50. The molecule has 206 valence electrons. The van der Waals surface area contributed by atoms with Crippen LogP contribution in [0.25, 0.3) is 10.9 Å². The number of benzene rings is 1. The Morgan fingerprint density at radius 1 is 1.34 bits per heavy atom. The molecule has 12 heteroatoms. The smallest absolute Gasteiger partial charge is 0.307 e. The molecule has 4 rings (SSSR count). The average molecular weight is 557 g/mol. The van der Waals surface area contributed by atoms with E-state index < -0.39 is 42.9 Å². The van der Waals surface area contributed by atoms with Crippen molar-refractivity contribution >= 4 is 28.5 Å². The molecule has 1 unspecified atom stereocenters. The Morgan fingerprint density at radius 2 is 2.11 bits per heavy atom. The van der Waals surface area contributed by atoms with E-state index in [2.05, 4.69) is 15.3 Å². The molecule has 2 aromatic heterocycles. The van der Waals surface area contributed by atoms with Crippen LogP contribution in [0.2, 0.25) is 5.02 Å². The largest absolute Gasteiger partial charge is 0.481 e. The van der Waals surface area contributed by atoms with Crippen LogP contribution < -0.4 is 10.1 Å². The molecule has 1 aliphatic rings. The molecule has 3 atom stereocenters. The maximum atomic E-state index is 15.5. The molecule has 0 spiro atoms. The summed E-state index contributed by atoms with van der Waals surface area (Å²) in [6.07, 6.45) is -1.63. The number of ether oxygens (including phenoxy) is 1. The highest BCUT2D eigenvalue weighted by Gasteiger charge is 2.44. The monoisotopic (exact) mass is 556 g/mol.